The molecule has 0 spiro atoms. The molecule has 126 valence electrons. The van der Waals surface area contributed by atoms with Crippen LogP contribution in [0.4, 0.5) is 0 Å². The Morgan fingerprint density at radius 2 is 2.08 bits per heavy atom. The van der Waals surface area contributed by atoms with Gasteiger partial charge in [0.05, 0.1) is 0 Å². The Labute approximate surface area is 140 Å². The van der Waals surface area contributed by atoms with Crippen LogP contribution in [-0.4, -0.2) is 20.6 Å². The third-order valence-corrected chi connectivity index (χ3v) is 3.97. The SMILES string of the molecule is CC(C)Cc1noc([C@H](C)NC(=O)c2cccc3c2ccn3C)n1. The molecule has 6 nitrogen and oxygen atoms in total. The van der Waals surface area contributed by atoms with Crippen LogP contribution < -0.4 is 5.32 Å². The minimum atomic E-state index is -0.343. The van der Waals surface area contributed by atoms with Crippen molar-refractivity contribution in [3.8, 4) is 0 Å². The largest absolute Gasteiger partial charge is 0.351 e. The first kappa shape index (κ1) is 16.2. The van der Waals surface area contributed by atoms with Gasteiger partial charge < -0.3 is 14.4 Å². The topological polar surface area (TPSA) is 73.0 Å². The van der Waals surface area contributed by atoms with E-state index < -0.39 is 0 Å². The second-order valence-corrected chi connectivity index (χ2v) is 6.51. The van der Waals surface area contributed by atoms with Gasteiger partial charge in [0.1, 0.15) is 6.04 Å². The molecule has 24 heavy (non-hydrogen) atoms. The van der Waals surface area contributed by atoms with Gasteiger partial charge in [0, 0.05) is 36.1 Å². The summed E-state index contributed by atoms with van der Waals surface area (Å²) in [5.41, 5.74) is 1.66. The predicted molar refractivity (Wildman–Crippen MR) is 91.6 cm³/mol. The van der Waals surface area contributed by atoms with Gasteiger partial charge >= 0.3 is 0 Å². The molecule has 0 saturated heterocycles. The predicted octanol–water partition coefficient (Wildman–Crippen LogP) is 3.25. The zero-order chi connectivity index (χ0) is 17.3. The van der Waals surface area contributed by atoms with Crippen molar-refractivity contribution in [3.63, 3.8) is 0 Å². The van der Waals surface area contributed by atoms with Gasteiger partial charge in [0.15, 0.2) is 5.82 Å². The van der Waals surface area contributed by atoms with E-state index in [0.29, 0.717) is 23.2 Å². The zero-order valence-electron chi connectivity index (χ0n) is 14.4. The Kier molecular flexibility index (Phi) is 4.38. The number of aromatic nitrogens is 3. The normalized spacial score (nSPS) is 12.7. The van der Waals surface area contributed by atoms with Crippen LogP contribution >= 0.6 is 0 Å². The number of aryl methyl sites for hydroxylation is 1. The van der Waals surface area contributed by atoms with E-state index >= 15 is 0 Å². The summed E-state index contributed by atoms with van der Waals surface area (Å²) >= 11 is 0. The Morgan fingerprint density at radius 1 is 1.29 bits per heavy atom. The Bertz CT molecular complexity index is 863. The number of rotatable bonds is 5. The number of amides is 1. The van der Waals surface area contributed by atoms with Crippen LogP contribution in [0.25, 0.3) is 10.9 Å². The van der Waals surface area contributed by atoms with Crippen molar-refractivity contribution >= 4 is 16.8 Å². The van der Waals surface area contributed by atoms with Gasteiger partial charge in [0.25, 0.3) is 5.91 Å². The molecule has 0 aliphatic rings. The lowest BCUT2D eigenvalue weighted by Crippen LogP contribution is -2.27. The first-order valence-corrected chi connectivity index (χ1v) is 8.13. The van der Waals surface area contributed by atoms with Crippen LogP contribution in [0.2, 0.25) is 0 Å². The molecular formula is C18H22N4O2. The molecule has 1 amide bonds. The van der Waals surface area contributed by atoms with Crippen molar-refractivity contribution in [1.29, 1.82) is 0 Å². The minimum Gasteiger partial charge on any atom is -0.351 e. The third-order valence-electron chi connectivity index (χ3n) is 3.97. The maximum absolute atomic E-state index is 12.6. The van der Waals surface area contributed by atoms with Crippen LogP contribution in [0.3, 0.4) is 0 Å². The van der Waals surface area contributed by atoms with E-state index in [9.17, 15) is 4.79 Å². The molecule has 1 atom stereocenters. The number of nitrogens with zero attached hydrogens (tertiary/aromatic N) is 3. The summed E-state index contributed by atoms with van der Waals surface area (Å²) in [6, 6.07) is 7.30. The molecule has 0 saturated carbocycles. The van der Waals surface area contributed by atoms with Crippen LogP contribution in [0.1, 0.15) is 48.9 Å². The molecule has 0 aliphatic carbocycles. The van der Waals surface area contributed by atoms with Crippen molar-refractivity contribution in [1.82, 2.24) is 20.0 Å². The monoisotopic (exact) mass is 326 g/mol. The summed E-state index contributed by atoms with van der Waals surface area (Å²) in [6.45, 7) is 6.04. The number of hydrogen-bond donors (Lipinski definition) is 1. The molecule has 0 fully saturated rings. The second-order valence-electron chi connectivity index (χ2n) is 6.51. The highest BCUT2D eigenvalue weighted by Crippen LogP contribution is 2.20. The summed E-state index contributed by atoms with van der Waals surface area (Å²) in [6.07, 6.45) is 2.70. The van der Waals surface area contributed by atoms with Gasteiger partial charge in [-0.25, -0.2) is 0 Å². The number of fused-ring (bicyclic) bond motifs is 1. The Morgan fingerprint density at radius 3 is 2.83 bits per heavy atom. The molecule has 3 rings (SSSR count). The van der Waals surface area contributed by atoms with E-state index in [1.54, 1.807) is 0 Å². The van der Waals surface area contributed by atoms with Gasteiger partial charge in [0.2, 0.25) is 5.89 Å². The van der Waals surface area contributed by atoms with Crippen molar-refractivity contribution in [2.24, 2.45) is 13.0 Å². The molecule has 0 aliphatic heterocycles. The van der Waals surface area contributed by atoms with E-state index in [1.807, 2.05) is 49.0 Å². The molecule has 6 heteroatoms. The van der Waals surface area contributed by atoms with Crippen molar-refractivity contribution in [2.45, 2.75) is 33.2 Å². The van der Waals surface area contributed by atoms with Gasteiger partial charge in [-0.05, 0) is 31.0 Å². The standard InChI is InChI=1S/C18H22N4O2/c1-11(2)10-16-20-18(24-21-16)12(3)19-17(23)14-6-5-7-15-13(14)8-9-22(15)4/h5-9,11-12H,10H2,1-4H3,(H,19,23)/t12-/m0/s1. The molecule has 1 aromatic carbocycles. The highest BCUT2D eigenvalue weighted by atomic mass is 16.5. The number of hydrogen-bond acceptors (Lipinski definition) is 4. The third kappa shape index (κ3) is 3.18. The van der Waals surface area contributed by atoms with E-state index in [1.165, 1.54) is 0 Å². The molecule has 2 heterocycles. The van der Waals surface area contributed by atoms with E-state index in [0.717, 1.165) is 17.3 Å². The quantitative estimate of drug-likeness (QED) is 0.781. The number of carbonyl (C=O) groups is 1. The summed E-state index contributed by atoms with van der Waals surface area (Å²) in [4.78, 5) is 17.0. The fourth-order valence-electron chi connectivity index (χ4n) is 2.73. The lowest BCUT2D eigenvalue weighted by Gasteiger charge is -2.10. The van der Waals surface area contributed by atoms with Crippen LogP contribution in [0.15, 0.2) is 35.0 Å². The highest BCUT2D eigenvalue weighted by molar-refractivity contribution is 6.06. The number of carbonyl (C=O) groups excluding carboxylic acids is 1. The smallest absolute Gasteiger partial charge is 0.252 e. The fourth-order valence-corrected chi connectivity index (χ4v) is 2.73. The van der Waals surface area contributed by atoms with Gasteiger partial charge in [-0.1, -0.05) is 25.1 Å². The molecule has 0 bridgehead atoms. The second kappa shape index (κ2) is 6.47. The molecule has 0 unspecified atom stereocenters. The molecule has 0 radical (unpaired) electrons. The first-order chi connectivity index (χ1) is 11.5. The van der Waals surface area contributed by atoms with Crippen molar-refractivity contribution in [3.05, 3.63) is 47.7 Å². The summed E-state index contributed by atoms with van der Waals surface area (Å²) in [5, 5.41) is 7.83. The van der Waals surface area contributed by atoms with E-state index in [2.05, 4.69) is 29.3 Å². The molecule has 1 N–H and O–H groups in total. The lowest BCUT2D eigenvalue weighted by molar-refractivity contribution is 0.0934. The van der Waals surface area contributed by atoms with E-state index in [4.69, 9.17) is 4.52 Å². The van der Waals surface area contributed by atoms with Gasteiger partial charge in [-0.2, -0.15) is 4.98 Å². The number of benzene rings is 1. The Hall–Kier alpha value is -2.63. The highest BCUT2D eigenvalue weighted by Gasteiger charge is 2.19. The first-order valence-electron chi connectivity index (χ1n) is 8.13. The maximum atomic E-state index is 12.6. The van der Waals surface area contributed by atoms with E-state index in [-0.39, 0.29) is 11.9 Å². The van der Waals surface area contributed by atoms with Gasteiger partial charge in [-0.3, -0.25) is 4.79 Å². The summed E-state index contributed by atoms with van der Waals surface area (Å²) < 4.78 is 7.27. The molecule has 3 aromatic rings. The maximum Gasteiger partial charge on any atom is 0.252 e. The molecular weight excluding hydrogens is 304 g/mol. The van der Waals surface area contributed by atoms with Crippen LogP contribution in [0.5, 0.6) is 0 Å². The zero-order valence-corrected chi connectivity index (χ0v) is 14.4. The fraction of sp³-hybridized carbons (Fsp3) is 0.389. The lowest BCUT2D eigenvalue weighted by atomic mass is 10.1. The average Bonchev–Trinajstić information content (AvgIpc) is 3.14. The van der Waals surface area contributed by atoms with Crippen molar-refractivity contribution < 1.29 is 9.32 Å². The molecule has 2 aromatic heterocycles. The summed E-state index contributed by atoms with van der Waals surface area (Å²) in [7, 11) is 1.96. The van der Waals surface area contributed by atoms with Crippen LogP contribution in [0, 0.1) is 5.92 Å². The number of nitrogens with one attached hydrogen (secondary N) is 1. The minimum absolute atomic E-state index is 0.150. The van der Waals surface area contributed by atoms with Crippen LogP contribution in [-0.2, 0) is 13.5 Å². The average molecular weight is 326 g/mol. The van der Waals surface area contributed by atoms with Gasteiger partial charge in [-0.15, -0.1) is 0 Å². The van der Waals surface area contributed by atoms with Crippen molar-refractivity contribution in [2.75, 3.05) is 0 Å². The Balaban J connectivity index is 1.77. The summed E-state index contributed by atoms with van der Waals surface area (Å²) in [5.74, 6) is 1.41.